The molecule has 20 heavy (non-hydrogen) atoms. The smallest absolute Gasteiger partial charge is 0.286 e. The molecule has 0 saturated heterocycles. The normalized spacial score (nSPS) is 12.2. The van der Waals surface area contributed by atoms with Crippen molar-refractivity contribution in [2.45, 2.75) is 25.4 Å². The Bertz CT molecular complexity index is 423. The van der Waals surface area contributed by atoms with Gasteiger partial charge in [-0.25, -0.2) is 8.78 Å². The number of furan rings is 1. The first kappa shape index (κ1) is 16.1. The van der Waals surface area contributed by atoms with Crippen LogP contribution in [0.25, 0.3) is 0 Å². The Morgan fingerprint density at radius 1 is 1.35 bits per heavy atom. The zero-order valence-electron chi connectivity index (χ0n) is 10.6. The summed E-state index contributed by atoms with van der Waals surface area (Å²) in [6.07, 6.45) is -2.96. The van der Waals surface area contributed by atoms with Crippen LogP contribution in [0.5, 0.6) is 0 Å². The van der Waals surface area contributed by atoms with Crippen LogP contribution in [0.1, 0.15) is 23.4 Å². The number of hydrogen-bond acceptors (Lipinski definition) is 4. The van der Waals surface area contributed by atoms with Gasteiger partial charge in [0.25, 0.3) is 12.3 Å². The van der Waals surface area contributed by atoms with Gasteiger partial charge in [0.1, 0.15) is 6.10 Å². The molecular weight excluding hydrogens is 274 g/mol. The summed E-state index contributed by atoms with van der Waals surface area (Å²) in [6.45, 7) is -0.236. The first-order valence-electron chi connectivity index (χ1n) is 6.05. The first-order chi connectivity index (χ1) is 9.50. The minimum Gasteiger partial charge on any atom is -0.459 e. The Morgan fingerprint density at radius 3 is 2.70 bits per heavy atom. The molecule has 1 atom stereocenters. The fraction of sp³-hybridized carbons (Fsp3) is 0.500. The Labute approximate surface area is 114 Å². The molecule has 112 valence electrons. The van der Waals surface area contributed by atoms with E-state index in [-0.39, 0.29) is 24.6 Å². The van der Waals surface area contributed by atoms with E-state index in [4.69, 9.17) is 9.52 Å². The summed E-state index contributed by atoms with van der Waals surface area (Å²) in [5.41, 5.74) is 0. The van der Waals surface area contributed by atoms with Gasteiger partial charge in [0.2, 0.25) is 5.91 Å². The van der Waals surface area contributed by atoms with E-state index in [2.05, 4.69) is 10.6 Å². The molecule has 6 nitrogen and oxygen atoms in total. The van der Waals surface area contributed by atoms with Gasteiger partial charge >= 0.3 is 0 Å². The second kappa shape index (κ2) is 8.26. The van der Waals surface area contributed by atoms with E-state index in [0.717, 1.165) is 0 Å². The third-order valence-corrected chi connectivity index (χ3v) is 2.41. The molecule has 1 rings (SSSR count). The van der Waals surface area contributed by atoms with E-state index in [9.17, 15) is 18.4 Å². The molecule has 0 fully saturated rings. The molecule has 0 aliphatic heterocycles. The van der Waals surface area contributed by atoms with Gasteiger partial charge in [-0.05, 0) is 18.6 Å². The summed E-state index contributed by atoms with van der Waals surface area (Å²) in [4.78, 5) is 22.7. The third kappa shape index (κ3) is 5.79. The maximum atomic E-state index is 12.0. The van der Waals surface area contributed by atoms with Crippen LogP contribution < -0.4 is 10.6 Å². The van der Waals surface area contributed by atoms with Crippen LogP contribution >= 0.6 is 0 Å². The lowest BCUT2D eigenvalue weighted by molar-refractivity contribution is -0.122. The van der Waals surface area contributed by atoms with Crippen LogP contribution in [0.3, 0.4) is 0 Å². The zero-order valence-corrected chi connectivity index (χ0v) is 10.6. The van der Waals surface area contributed by atoms with Gasteiger partial charge in [0, 0.05) is 19.5 Å². The molecule has 1 unspecified atom stereocenters. The molecule has 1 heterocycles. The van der Waals surface area contributed by atoms with Crippen molar-refractivity contribution >= 4 is 11.8 Å². The highest BCUT2D eigenvalue weighted by Crippen LogP contribution is 2.00. The molecule has 2 amide bonds. The van der Waals surface area contributed by atoms with Crippen LogP contribution in [0.15, 0.2) is 22.8 Å². The number of halogens is 2. The van der Waals surface area contributed by atoms with Crippen molar-refractivity contribution in [2.75, 3.05) is 13.1 Å². The van der Waals surface area contributed by atoms with Crippen molar-refractivity contribution in [1.82, 2.24) is 10.6 Å². The molecule has 1 aromatic heterocycles. The summed E-state index contributed by atoms with van der Waals surface area (Å²) in [7, 11) is 0. The molecule has 0 spiro atoms. The van der Waals surface area contributed by atoms with Crippen molar-refractivity contribution in [2.24, 2.45) is 0 Å². The fourth-order valence-corrected chi connectivity index (χ4v) is 1.34. The van der Waals surface area contributed by atoms with E-state index in [1.807, 2.05) is 0 Å². The van der Waals surface area contributed by atoms with Crippen LogP contribution in [-0.2, 0) is 4.79 Å². The van der Waals surface area contributed by atoms with Gasteiger partial charge in [-0.1, -0.05) is 0 Å². The molecule has 0 radical (unpaired) electrons. The van der Waals surface area contributed by atoms with Gasteiger partial charge in [0.15, 0.2) is 5.76 Å². The quantitative estimate of drug-likeness (QED) is 0.609. The van der Waals surface area contributed by atoms with Gasteiger partial charge in [-0.2, -0.15) is 0 Å². The molecule has 0 aliphatic carbocycles. The number of hydrogen-bond donors (Lipinski definition) is 3. The van der Waals surface area contributed by atoms with E-state index < -0.39 is 25.0 Å². The monoisotopic (exact) mass is 290 g/mol. The predicted molar refractivity (Wildman–Crippen MR) is 65.3 cm³/mol. The van der Waals surface area contributed by atoms with Crippen LogP contribution in [0.4, 0.5) is 8.78 Å². The number of carbonyl (C=O) groups is 2. The standard InChI is InChI=1S/C12H16F2N2O4/c13-11(14)8(17)7-16-10(18)4-1-5-15-12(19)9-3-2-6-20-9/h2-3,6,8,11,17H,1,4-5,7H2,(H,15,19)(H,16,18). The summed E-state index contributed by atoms with van der Waals surface area (Å²) in [5.74, 6) is -0.671. The van der Waals surface area contributed by atoms with E-state index in [0.29, 0.717) is 6.42 Å². The van der Waals surface area contributed by atoms with Crippen LogP contribution in [-0.4, -0.2) is 42.5 Å². The van der Waals surface area contributed by atoms with Gasteiger partial charge in [-0.15, -0.1) is 0 Å². The minimum atomic E-state index is -2.89. The number of nitrogens with one attached hydrogen (secondary N) is 2. The highest BCUT2D eigenvalue weighted by atomic mass is 19.3. The SMILES string of the molecule is O=C(CCCNC(=O)c1ccco1)NCC(O)C(F)F. The molecule has 1 aromatic rings. The first-order valence-corrected chi connectivity index (χ1v) is 6.05. The van der Waals surface area contributed by atoms with Crippen molar-refractivity contribution < 1.29 is 27.9 Å². The zero-order chi connectivity index (χ0) is 15.0. The van der Waals surface area contributed by atoms with Crippen molar-refractivity contribution in [3.05, 3.63) is 24.2 Å². The number of amides is 2. The maximum absolute atomic E-state index is 12.0. The Balaban J connectivity index is 2.09. The van der Waals surface area contributed by atoms with Crippen LogP contribution in [0.2, 0.25) is 0 Å². The molecule has 3 N–H and O–H groups in total. The lowest BCUT2D eigenvalue weighted by atomic mass is 10.2. The summed E-state index contributed by atoms with van der Waals surface area (Å²) in [5, 5.41) is 13.5. The number of rotatable bonds is 8. The van der Waals surface area contributed by atoms with Gasteiger partial charge in [-0.3, -0.25) is 9.59 Å². The van der Waals surface area contributed by atoms with Gasteiger partial charge < -0.3 is 20.2 Å². The number of aliphatic hydroxyl groups is 1. The summed E-state index contributed by atoms with van der Waals surface area (Å²) in [6, 6.07) is 3.09. The number of carbonyl (C=O) groups excluding carboxylic acids is 2. The summed E-state index contributed by atoms with van der Waals surface area (Å²) < 4.78 is 28.8. The minimum absolute atomic E-state index is 0.0639. The molecule has 0 aliphatic rings. The van der Waals surface area contributed by atoms with E-state index in [1.54, 1.807) is 6.07 Å². The topological polar surface area (TPSA) is 91.6 Å². The fourth-order valence-electron chi connectivity index (χ4n) is 1.34. The Hall–Kier alpha value is -1.96. The predicted octanol–water partition coefficient (Wildman–Crippen LogP) is 0.532. The third-order valence-electron chi connectivity index (χ3n) is 2.41. The lowest BCUT2D eigenvalue weighted by Gasteiger charge is -2.10. The Morgan fingerprint density at radius 2 is 2.10 bits per heavy atom. The van der Waals surface area contributed by atoms with E-state index >= 15 is 0 Å². The molecule has 0 saturated carbocycles. The number of alkyl halides is 2. The van der Waals surface area contributed by atoms with Gasteiger partial charge in [0.05, 0.1) is 6.26 Å². The lowest BCUT2D eigenvalue weighted by Crippen LogP contribution is -2.36. The van der Waals surface area contributed by atoms with Crippen molar-refractivity contribution in [3.63, 3.8) is 0 Å². The van der Waals surface area contributed by atoms with Crippen molar-refractivity contribution in [1.29, 1.82) is 0 Å². The average Bonchev–Trinajstić information content (AvgIpc) is 2.94. The van der Waals surface area contributed by atoms with Crippen LogP contribution in [0, 0.1) is 0 Å². The highest BCUT2D eigenvalue weighted by molar-refractivity contribution is 5.91. The second-order valence-corrected chi connectivity index (χ2v) is 4.04. The largest absolute Gasteiger partial charge is 0.459 e. The number of aliphatic hydroxyl groups excluding tert-OH is 1. The maximum Gasteiger partial charge on any atom is 0.286 e. The second-order valence-electron chi connectivity index (χ2n) is 4.04. The summed E-state index contributed by atoms with van der Waals surface area (Å²) >= 11 is 0. The molecule has 0 aromatic carbocycles. The molecule has 0 bridgehead atoms. The highest BCUT2D eigenvalue weighted by Gasteiger charge is 2.17. The Kier molecular flexibility index (Phi) is 6.65. The average molecular weight is 290 g/mol. The van der Waals surface area contributed by atoms with Crippen molar-refractivity contribution in [3.8, 4) is 0 Å². The van der Waals surface area contributed by atoms with E-state index in [1.165, 1.54) is 12.3 Å². The molecular formula is C12H16F2N2O4. The molecule has 8 heteroatoms.